The van der Waals surface area contributed by atoms with Crippen molar-refractivity contribution in [1.82, 2.24) is 0 Å². The lowest BCUT2D eigenvalue weighted by Crippen LogP contribution is -2.00. The lowest BCUT2D eigenvalue weighted by atomic mass is 9.94. The fraction of sp³-hybridized carbons (Fsp3) is 0.263. The molecule has 0 aliphatic heterocycles. The molecule has 0 saturated carbocycles. The average molecular weight is 339 g/mol. The van der Waals surface area contributed by atoms with Crippen LogP contribution in [0.25, 0.3) is 0 Å². The van der Waals surface area contributed by atoms with Crippen molar-refractivity contribution in [1.29, 1.82) is 10.5 Å². The van der Waals surface area contributed by atoms with Gasteiger partial charge in [-0.25, -0.2) is 0 Å². The van der Waals surface area contributed by atoms with Crippen LogP contribution in [0.1, 0.15) is 36.1 Å². The van der Waals surface area contributed by atoms with Crippen LogP contribution >= 0.6 is 23.5 Å². The van der Waals surface area contributed by atoms with E-state index in [0.29, 0.717) is 0 Å². The van der Waals surface area contributed by atoms with Crippen molar-refractivity contribution in [3.8, 4) is 10.8 Å². The largest absolute Gasteiger partial charge is 0.185 e. The van der Waals surface area contributed by atoms with E-state index in [-0.39, 0.29) is 0 Å². The number of hydrogen-bond acceptors (Lipinski definition) is 4. The molecule has 2 rings (SSSR count). The monoisotopic (exact) mass is 338 g/mol. The maximum atomic E-state index is 8.98. The Labute approximate surface area is 146 Å². The zero-order chi connectivity index (χ0) is 16.7. The third-order valence-electron chi connectivity index (χ3n) is 3.86. The number of benzene rings is 2. The Hall–Kier alpha value is -1.88. The molecule has 0 amide bonds. The summed E-state index contributed by atoms with van der Waals surface area (Å²) in [5.41, 5.74) is 5.03. The topological polar surface area (TPSA) is 47.6 Å². The molecule has 0 spiro atoms. The summed E-state index contributed by atoms with van der Waals surface area (Å²) in [6.07, 6.45) is 2.66. The van der Waals surface area contributed by atoms with Crippen molar-refractivity contribution in [3.63, 3.8) is 0 Å². The maximum Gasteiger partial charge on any atom is 0.138 e. The van der Waals surface area contributed by atoms with Crippen LogP contribution in [-0.2, 0) is 19.3 Å². The Bertz CT molecular complexity index is 704. The van der Waals surface area contributed by atoms with Crippen molar-refractivity contribution in [3.05, 3.63) is 58.7 Å². The minimum absolute atomic E-state index is 0.839. The molecule has 2 nitrogen and oxygen atoms in total. The Morgan fingerprint density at radius 3 is 1.57 bits per heavy atom. The Morgan fingerprint density at radius 2 is 1.22 bits per heavy atom. The first-order valence-corrected chi connectivity index (χ1v) is 9.21. The normalized spacial score (nSPS) is 10.1. The lowest BCUT2D eigenvalue weighted by molar-refractivity contribution is 0.978. The highest BCUT2D eigenvalue weighted by Crippen LogP contribution is 2.30. The minimum atomic E-state index is 0.839. The van der Waals surface area contributed by atoms with E-state index in [1.54, 1.807) is 0 Å². The van der Waals surface area contributed by atoms with Crippen LogP contribution in [0.15, 0.2) is 46.2 Å². The van der Waals surface area contributed by atoms with Crippen molar-refractivity contribution in [2.45, 2.75) is 42.9 Å². The van der Waals surface area contributed by atoms with Crippen LogP contribution in [0.5, 0.6) is 0 Å². The van der Waals surface area contributed by atoms with E-state index in [4.69, 9.17) is 10.5 Å². The van der Waals surface area contributed by atoms with Crippen LogP contribution in [0.4, 0.5) is 0 Å². The van der Waals surface area contributed by atoms with Gasteiger partial charge in [-0.1, -0.05) is 38.1 Å². The number of hydrogen-bond donors (Lipinski definition) is 0. The summed E-state index contributed by atoms with van der Waals surface area (Å²) >= 11 is 2.46. The van der Waals surface area contributed by atoms with Gasteiger partial charge in [0.2, 0.25) is 0 Å². The van der Waals surface area contributed by atoms with Gasteiger partial charge in [-0.3, -0.25) is 0 Å². The molecular formula is C19H18N2S2. The van der Waals surface area contributed by atoms with Crippen molar-refractivity contribution in [2.24, 2.45) is 0 Å². The second kappa shape index (κ2) is 8.67. The van der Waals surface area contributed by atoms with Crippen LogP contribution in [-0.4, -0.2) is 0 Å². The molecule has 4 heteroatoms. The number of nitrogens with zero attached hydrogens (tertiary/aromatic N) is 2. The average Bonchev–Trinajstić information content (AvgIpc) is 2.56. The summed E-state index contributed by atoms with van der Waals surface area (Å²) in [4.78, 5) is 2.10. The Balaban J connectivity index is 2.44. The SMILES string of the molecule is CCc1c(Cc2cccc(SC#N)c2CC)cccc1SC#N. The van der Waals surface area contributed by atoms with E-state index in [1.165, 1.54) is 45.8 Å². The molecule has 0 aromatic heterocycles. The highest BCUT2D eigenvalue weighted by Gasteiger charge is 2.12. The summed E-state index contributed by atoms with van der Waals surface area (Å²) in [6.45, 7) is 4.26. The van der Waals surface area contributed by atoms with Gasteiger partial charge in [0.25, 0.3) is 0 Å². The van der Waals surface area contributed by atoms with Crippen molar-refractivity contribution < 1.29 is 0 Å². The minimum Gasteiger partial charge on any atom is -0.185 e. The van der Waals surface area contributed by atoms with Gasteiger partial charge >= 0.3 is 0 Å². The standard InChI is InChI=1S/C19H18N2S2/c1-3-16-14(7-5-9-18(16)22-12-20)11-15-8-6-10-19(23-13-21)17(15)4-2/h5-10H,3-4,11H2,1-2H3. The van der Waals surface area contributed by atoms with Crippen LogP contribution in [0.3, 0.4) is 0 Å². The Morgan fingerprint density at radius 1 is 0.783 bits per heavy atom. The molecule has 0 aliphatic carbocycles. The quantitative estimate of drug-likeness (QED) is 0.512. The molecule has 2 aromatic rings. The molecule has 0 fully saturated rings. The summed E-state index contributed by atoms with van der Waals surface area (Å²) in [5, 5.41) is 22.3. The van der Waals surface area contributed by atoms with E-state index in [0.717, 1.165) is 29.1 Å². The van der Waals surface area contributed by atoms with Gasteiger partial charge in [0, 0.05) is 9.79 Å². The van der Waals surface area contributed by atoms with E-state index in [1.807, 2.05) is 24.3 Å². The molecule has 0 heterocycles. The predicted molar refractivity (Wildman–Crippen MR) is 97.4 cm³/mol. The second-order valence-corrected chi connectivity index (χ2v) is 6.71. The van der Waals surface area contributed by atoms with E-state index >= 15 is 0 Å². The number of thiocyanates is 2. The van der Waals surface area contributed by atoms with Crippen molar-refractivity contribution in [2.75, 3.05) is 0 Å². The molecule has 0 saturated heterocycles. The highest BCUT2D eigenvalue weighted by molar-refractivity contribution is 8.04. The van der Waals surface area contributed by atoms with Crippen LogP contribution in [0, 0.1) is 21.3 Å². The fourth-order valence-corrected chi connectivity index (χ4v) is 4.14. The number of rotatable bonds is 6. The third kappa shape index (κ3) is 4.10. The molecule has 0 aliphatic rings. The lowest BCUT2D eigenvalue weighted by Gasteiger charge is -2.15. The summed E-state index contributed by atoms with van der Waals surface area (Å²) in [6, 6.07) is 12.4. The molecule has 0 atom stereocenters. The van der Waals surface area contributed by atoms with Gasteiger partial charge in [0.15, 0.2) is 0 Å². The van der Waals surface area contributed by atoms with Crippen molar-refractivity contribution >= 4 is 23.5 Å². The first-order valence-electron chi connectivity index (χ1n) is 7.58. The first kappa shape index (κ1) is 17.5. The van der Waals surface area contributed by atoms with Gasteiger partial charge in [-0.15, -0.1) is 0 Å². The zero-order valence-electron chi connectivity index (χ0n) is 13.3. The molecule has 2 aromatic carbocycles. The summed E-state index contributed by atoms with van der Waals surface area (Å²) in [7, 11) is 0. The van der Waals surface area contributed by atoms with E-state index in [2.05, 4.69) is 36.8 Å². The van der Waals surface area contributed by atoms with Gasteiger partial charge in [-0.05, 0) is 77.2 Å². The molecular weight excluding hydrogens is 320 g/mol. The predicted octanol–water partition coefficient (Wildman–Crippen LogP) is 5.55. The number of nitriles is 2. The second-order valence-electron chi connectivity index (χ2n) is 5.06. The number of thioether (sulfide) groups is 2. The fourth-order valence-electron chi connectivity index (χ4n) is 2.85. The maximum absolute atomic E-state index is 8.98. The van der Waals surface area contributed by atoms with Gasteiger partial charge < -0.3 is 0 Å². The first-order chi connectivity index (χ1) is 11.2. The van der Waals surface area contributed by atoms with Gasteiger partial charge in [-0.2, -0.15) is 10.5 Å². The van der Waals surface area contributed by atoms with E-state index in [9.17, 15) is 0 Å². The van der Waals surface area contributed by atoms with Crippen LogP contribution < -0.4 is 0 Å². The summed E-state index contributed by atoms with van der Waals surface area (Å²) in [5.74, 6) is 0. The van der Waals surface area contributed by atoms with Gasteiger partial charge in [0.1, 0.15) is 10.8 Å². The molecule has 0 N–H and O–H groups in total. The molecule has 23 heavy (non-hydrogen) atoms. The summed E-state index contributed by atoms with van der Waals surface area (Å²) < 4.78 is 0. The molecule has 0 unspecified atom stereocenters. The smallest absolute Gasteiger partial charge is 0.138 e. The molecule has 0 bridgehead atoms. The van der Waals surface area contributed by atoms with E-state index < -0.39 is 0 Å². The zero-order valence-corrected chi connectivity index (χ0v) is 14.9. The van der Waals surface area contributed by atoms with Crippen LogP contribution in [0.2, 0.25) is 0 Å². The highest BCUT2D eigenvalue weighted by atomic mass is 32.2. The third-order valence-corrected chi connectivity index (χ3v) is 5.25. The molecule has 0 radical (unpaired) electrons. The van der Waals surface area contributed by atoms with Gasteiger partial charge in [0.05, 0.1) is 0 Å². The Kier molecular flexibility index (Phi) is 6.59. The molecule has 116 valence electrons.